The Morgan fingerprint density at radius 3 is 2.19 bits per heavy atom. The van der Waals surface area contributed by atoms with Crippen LogP contribution in [0.4, 0.5) is 13.2 Å². The van der Waals surface area contributed by atoms with E-state index in [9.17, 15) is 18.0 Å². The largest absolute Gasteiger partial charge is 0.542 e. The summed E-state index contributed by atoms with van der Waals surface area (Å²) in [6, 6.07) is 0. The van der Waals surface area contributed by atoms with Gasteiger partial charge in [0, 0.05) is 32.7 Å². The molecule has 0 aliphatic carbocycles. The van der Waals surface area contributed by atoms with Crippen molar-refractivity contribution in [2.75, 3.05) is 14.3 Å². The smallest absolute Gasteiger partial charge is 0.331 e. The zero-order valence-electron chi connectivity index (χ0n) is 9.80. The summed E-state index contributed by atoms with van der Waals surface area (Å²) in [5.74, 6) is -3.40. The Kier molecular flexibility index (Phi) is 15.9. The van der Waals surface area contributed by atoms with Gasteiger partial charge in [0.25, 0.3) is 0 Å². The van der Waals surface area contributed by atoms with Gasteiger partial charge in [0.15, 0.2) is 0 Å². The summed E-state index contributed by atoms with van der Waals surface area (Å²) in [7, 11) is 1.70. The van der Waals surface area contributed by atoms with Crippen molar-refractivity contribution < 1.29 is 60.1 Å². The van der Waals surface area contributed by atoms with Crippen LogP contribution in [0.25, 0.3) is 0 Å². The fourth-order valence-electron chi connectivity index (χ4n) is 0.560. The standard InChI is InChI=1S/C8H13F2O3.CH3F.Y/c1-6(7(11)12-3)13-5-4-8(2,9)10;1-2;/h5-6H,4H2,1-3H3;1H3;/q-1;;. The Hall–Kier alpha value is 0.324. The van der Waals surface area contributed by atoms with Crippen molar-refractivity contribution in [2.45, 2.75) is 32.3 Å². The van der Waals surface area contributed by atoms with E-state index in [2.05, 4.69) is 4.74 Å². The van der Waals surface area contributed by atoms with Crippen LogP contribution < -0.4 is 0 Å². The SMILES string of the molecule is CF.COC(=O)C(C)O[CH-]CC(C)(F)F.[Y]. The summed E-state index contributed by atoms with van der Waals surface area (Å²) in [5.41, 5.74) is 0. The third-order valence-corrected chi connectivity index (χ3v) is 1.28. The van der Waals surface area contributed by atoms with Crippen LogP contribution in [0.5, 0.6) is 0 Å². The minimum absolute atomic E-state index is 0. The van der Waals surface area contributed by atoms with E-state index in [1.54, 1.807) is 0 Å². The normalized spacial score (nSPS) is 11.7. The maximum absolute atomic E-state index is 12.2. The Balaban J connectivity index is -0.000000529. The summed E-state index contributed by atoms with van der Waals surface area (Å²) in [6.07, 6.45) is -1.36. The van der Waals surface area contributed by atoms with Gasteiger partial charge in [-0.25, -0.2) is 20.2 Å². The van der Waals surface area contributed by atoms with E-state index < -0.39 is 24.4 Å². The van der Waals surface area contributed by atoms with E-state index in [-0.39, 0.29) is 32.7 Å². The fourth-order valence-corrected chi connectivity index (χ4v) is 0.560. The number of carbonyl (C=O) groups excluding carboxylic acids is 1. The second kappa shape index (κ2) is 11.8. The second-order valence-corrected chi connectivity index (χ2v) is 2.74. The first-order valence-corrected chi connectivity index (χ1v) is 4.17. The van der Waals surface area contributed by atoms with Crippen LogP contribution in [0.3, 0.4) is 0 Å². The molecular weight excluding hydrogens is 302 g/mol. The molecule has 0 aliphatic rings. The first-order valence-electron chi connectivity index (χ1n) is 4.17. The van der Waals surface area contributed by atoms with Gasteiger partial charge in [-0.15, -0.1) is 0 Å². The zero-order valence-corrected chi connectivity index (χ0v) is 12.6. The molecule has 0 aliphatic heterocycles. The van der Waals surface area contributed by atoms with Crippen molar-refractivity contribution in [1.29, 1.82) is 0 Å². The molecule has 0 saturated carbocycles. The number of ether oxygens (including phenoxy) is 2. The molecule has 95 valence electrons. The molecule has 0 fully saturated rings. The second-order valence-electron chi connectivity index (χ2n) is 2.74. The molecule has 0 heterocycles. The monoisotopic (exact) mass is 318 g/mol. The third-order valence-electron chi connectivity index (χ3n) is 1.28. The van der Waals surface area contributed by atoms with E-state index in [1.165, 1.54) is 14.0 Å². The Morgan fingerprint density at radius 2 is 1.88 bits per heavy atom. The topological polar surface area (TPSA) is 35.5 Å². The van der Waals surface area contributed by atoms with E-state index in [0.717, 1.165) is 13.5 Å². The summed E-state index contributed by atoms with van der Waals surface area (Å²) in [6.45, 7) is 3.12. The van der Waals surface area contributed by atoms with Gasteiger partial charge in [-0.1, -0.05) is 6.42 Å². The van der Waals surface area contributed by atoms with Gasteiger partial charge < -0.3 is 9.47 Å². The minimum atomic E-state index is -2.81. The Morgan fingerprint density at radius 1 is 1.44 bits per heavy atom. The van der Waals surface area contributed by atoms with Crippen LogP contribution in [0.1, 0.15) is 20.3 Å². The predicted molar refractivity (Wildman–Crippen MR) is 49.1 cm³/mol. The van der Waals surface area contributed by atoms with Gasteiger partial charge >= 0.3 is 5.97 Å². The molecule has 0 amide bonds. The molecule has 0 N–H and O–H groups in total. The average Bonchev–Trinajstić information content (AvgIpc) is 2.17. The number of esters is 1. The van der Waals surface area contributed by atoms with Gasteiger partial charge in [0.2, 0.25) is 5.92 Å². The van der Waals surface area contributed by atoms with Crippen molar-refractivity contribution >= 4 is 5.97 Å². The van der Waals surface area contributed by atoms with Gasteiger partial charge in [0.1, 0.15) is 6.10 Å². The number of hydrogen-bond donors (Lipinski definition) is 0. The van der Waals surface area contributed by atoms with E-state index in [0.29, 0.717) is 7.18 Å². The van der Waals surface area contributed by atoms with Gasteiger partial charge in [0.05, 0.1) is 14.3 Å². The first kappa shape index (κ1) is 21.6. The van der Waals surface area contributed by atoms with Crippen LogP contribution in [0.15, 0.2) is 0 Å². The molecule has 0 aromatic carbocycles. The average molecular weight is 318 g/mol. The number of halogens is 3. The van der Waals surface area contributed by atoms with Gasteiger partial charge in [-0.3, -0.25) is 4.39 Å². The van der Waals surface area contributed by atoms with Gasteiger partial charge in [-0.2, -0.15) is 0 Å². The van der Waals surface area contributed by atoms with Crippen molar-refractivity contribution in [2.24, 2.45) is 0 Å². The van der Waals surface area contributed by atoms with Gasteiger partial charge in [-0.05, 0) is 13.8 Å². The predicted octanol–water partition coefficient (Wildman–Crippen LogP) is 2.35. The molecule has 1 atom stereocenters. The van der Waals surface area contributed by atoms with Crippen molar-refractivity contribution in [3.8, 4) is 0 Å². The fraction of sp³-hybridized carbons (Fsp3) is 0.778. The summed E-state index contributed by atoms with van der Waals surface area (Å²) in [4.78, 5) is 10.7. The van der Waals surface area contributed by atoms with Crippen LogP contribution in [-0.4, -0.2) is 32.3 Å². The van der Waals surface area contributed by atoms with Crippen LogP contribution in [0.2, 0.25) is 0 Å². The number of methoxy groups -OCH3 is 1. The maximum atomic E-state index is 12.2. The third kappa shape index (κ3) is 14.3. The molecule has 16 heavy (non-hydrogen) atoms. The molecule has 0 bridgehead atoms. The number of hydrogen-bond acceptors (Lipinski definition) is 3. The Bertz CT molecular complexity index is 174. The van der Waals surface area contributed by atoms with Crippen molar-refractivity contribution in [3.63, 3.8) is 0 Å². The Labute approximate surface area is 119 Å². The summed E-state index contributed by atoms with van der Waals surface area (Å²) >= 11 is 0. The molecule has 0 aromatic rings. The first-order chi connectivity index (χ1) is 6.87. The molecular formula is C9H16F3O3Y-. The maximum Gasteiger partial charge on any atom is 0.331 e. The molecule has 3 nitrogen and oxygen atoms in total. The minimum Gasteiger partial charge on any atom is -0.542 e. The molecule has 1 radical (unpaired) electrons. The molecule has 1 unspecified atom stereocenters. The van der Waals surface area contributed by atoms with Crippen molar-refractivity contribution in [1.82, 2.24) is 0 Å². The summed E-state index contributed by atoms with van der Waals surface area (Å²) in [5, 5.41) is 0. The molecule has 0 aromatic heterocycles. The van der Waals surface area contributed by atoms with Crippen LogP contribution in [0, 0.1) is 6.61 Å². The quantitative estimate of drug-likeness (QED) is 0.577. The van der Waals surface area contributed by atoms with E-state index in [4.69, 9.17) is 4.74 Å². The molecule has 0 spiro atoms. The van der Waals surface area contributed by atoms with Crippen LogP contribution in [-0.2, 0) is 47.0 Å². The number of rotatable bonds is 5. The number of alkyl halides is 3. The zero-order chi connectivity index (χ0) is 12.5. The molecule has 7 heteroatoms. The van der Waals surface area contributed by atoms with E-state index in [1.807, 2.05) is 0 Å². The van der Waals surface area contributed by atoms with E-state index >= 15 is 0 Å². The summed E-state index contributed by atoms with van der Waals surface area (Å²) < 4.78 is 43.0. The number of carbonyl (C=O) groups is 1. The molecule has 0 rings (SSSR count). The molecule has 0 saturated heterocycles. The van der Waals surface area contributed by atoms with Crippen molar-refractivity contribution in [3.05, 3.63) is 6.61 Å². The van der Waals surface area contributed by atoms with Crippen LogP contribution >= 0.6 is 0 Å².